The lowest BCUT2D eigenvalue weighted by atomic mass is 9.94. The Balaban J connectivity index is 1.84. The van der Waals surface area contributed by atoms with E-state index in [1.54, 1.807) is 13.3 Å². The molecular weight excluding hydrogens is 328 g/mol. The minimum Gasteiger partial charge on any atom is -0.494 e. The molecular formula is C20H28N4O2. The highest BCUT2D eigenvalue weighted by atomic mass is 16.5. The number of piperidine rings is 1. The van der Waals surface area contributed by atoms with Crippen molar-refractivity contribution in [3.63, 3.8) is 0 Å². The van der Waals surface area contributed by atoms with Gasteiger partial charge in [0.05, 0.1) is 13.7 Å². The predicted octanol–water partition coefficient (Wildman–Crippen LogP) is 2.14. The van der Waals surface area contributed by atoms with Gasteiger partial charge in [-0.15, -0.1) is 0 Å². The Bertz CT molecular complexity index is 777. The van der Waals surface area contributed by atoms with Crippen LogP contribution in [0.5, 0.6) is 5.75 Å². The molecule has 0 bridgehead atoms. The van der Waals surface area contributed by atoms with Crippen LogP contribution >= 0.6 is 0 Å². The van der Waals surface area contributed by atoms with E-state index in [9.17, 15) is 4.79 Å². The van der Waals surface area contributed by atoms with Crippen molar-refractivity contribution in [3.8, 4) is 5.75 Å². The molecule has 0 radical (unpaired) electrons. The number of fused-ring (bicyclic) bond motifs is 1. The monoisotopic (exact) mass is 356 g/mol. The van der Waals surface area contributed by atoms with Crippen molar-refractivity contribution < 1.29 is 9.53 Å². The second kappa shape index (κ2) is 7.91. The SMILES string of the molecule is COc1ccc(N2C[C@@H](C)C[C@@H](NC(=O)CN(C)C)C2)c2cccnc12. The van der Waals surface area contributed by atoms with Crippen molar-refractivity contribution in [2.75, 3.05) is 45.7 Å². The van der Waals surface area contributed by atoms with E-state index in [4.69, 9.17) is 4.74 Å². The molecule has 1 saturated heterocycles. The Labute approximate surface area is 155 Å². The number of carbonyl (C=O) groups excluding carboxylic acids is 1. The Hall–Kier alpha value is -2.34. The maximum absolute atomic E-state index is 12.2. The molecule has 1 amide bonds. The number of aromatic nitrogens is 1. The van der Waals surface area contributed by atoms with Crippen LogP contribution in [0.1, 0.15) is 13.3 Å². The van der Waals surface area contributed by atoms with Gasteiger partial charge in [-0.05, 0) is 50.7 Å². The largest absolute Gasteiger partial charge is 0.494 e. The quantitative estimate of drug-likeness (QED) is 0.889. The molecule has 1 aliphatic heterocycles. The number of pyridine rings is 1. The van der Waals surface area contributed by atoms with Gasteiger partial charge in [0.2, 0.25) is 5.91 Å². The summed E-state index contributed by atoms with van der Waals surface area (Å²) in [5.74, 6) is 1.36. The number of anilines is 1. The Morgan fingerprint density at radius 3 is 2.88 bits per heavy atom. The van der Waals surface area contributed by atoms with Crippen LogP contribution < -0.4 is 15.0 Å². The number of hydrogen-bond acceptors (Lipinski definition) is 5. The number of ether oxygens (including phenoxy) is 1. The number of nitrogens with zero attached hydrogens (tertiary/aromatic N) is 3. The fourth-order valence-electron chi connectivity index (χ4n) is 3.79. The Morgan fingerprint density at radius 1 is 1.35 bits per heavy atom. The summed E-state index contributed by atoms with van der Waals surface area (Å²) < 4.78 is 5.46. The summed E-state index contributed by atoms with van der Waals surface area (Å²) in [7, 11) is 5.49. The fourth-order valence-corrected chi connectivity index (χ4v) is 3.79. The van der Waals surface area contributed by atoms with Gasteiger partial charge in [-0.3, -0.25) is 9.78 Å². The third-order valence-electron chi connectivity index (χ3n) is 4.75. The molecule has 1 aromatic carbocycles. The first-order valence-electron chi connectivity index (χ1n) is 9.08. The number of benzene rings is 1. The molecule has 1 aliphatic rings. The van der Waals surface area contributed by atoms with Crippen LogP contribution in [0.2, 0.25) is 0 Å². The van der Waals surface area contributed by atoms with E-state index in [1.165, 1.54) is 0 Å². The zero-order valence-corrected chi connectivity index (χ0v) is 16.0. The van der Waals surface area contributed by atoms with Crippen molar-refractivity contribution in [3.05, 3.63) is 30.5 Å². The molecule has 1 N–H and O–H groups in total. The molecule has 3 rings (SSSR count). The van der Waals surface area contributed by atoms with Gasteiger partial charge in [0.1, 0.15) is 11.3 Å². The molecule has 1 aromatic heterocycles. The fraction of sp³-hybridized carbons (Fsp3) is 0.500. The minimum absolute atomic E-state index is 0.0790. The normalized spacial score (nSPS) is 20.4. The third kappa shape index (κ3) is 4.07. The van der Waals surface area contributed by atoms with E-state index in [0.717, 1.165) is 41.9 Å². The summed E-state index contributed by atoms with van der Waals surface area (Å²) in [4.78, 5) is 20.9. The average Bonchev–Trinajstić information content (AvgIpc) is 2.59. The van der Waals surface area contributed by atoms with E-state index < -0.39 is 0 Å². The second-order valence-corrected chi connectivity index (χ2v) is 7.43. The summed E-state index contributed by atoms with van der Waals surface area (Å²) in [6, 6.07) is 8.26. The molecule has 140 valence electrons. The zero-order chi connectivity index (χ0) is 18.7. The summed E-state index contributed by atoms with van der Waals surface area (Å²) in [5, 5.41) is 4.27. The van der Waals surface area contributed by atoms with Crippen LogP contribution in [0.4, 0.5) is 5.69 Å². The first-order valence-corrected chi connectivity index (χ1v) is 9.08. The molecule has 2 heterocycles. The molecule has 0 unspecified atom stereocenters. The topological polar surface area (TPSA) is 57.7 Å². The van der Waals surface area contributed by atoms with Crippen molar-refractivity contribution >= 4 is 22.5 Å². The molecule has 6 nitrogen and oxygen atoms in total. The highest BCUT2D eigenvalue weighted by Crippen LogP contribution is 2.34. The molecule has 0 saturated carbocycles. The van der Waals surface area contributed by atoms with Gasteiger partial charge in [-0.1, -0.05) is 6.92 Å². The van der Waals surface area contributed by atoms with Crippen molar-refractivity contribution in [1.82, 2.24) is 15.2 Å². The number of nitrogens with one attached hydrogen (secondary N) is 1. The molecule has 1 fully saturated rings. The molecule has 6 heteroatoms. The van der Waals surface area contributed by atoms with Gasteiger partial charge in [0, 0.05) is 36.4 Å². The number of methoxy groups -OCH3 is 1. The second-order valence-electron chi connectivity index (χ2n) is 7.43. The van der Waals surface area contributed by atoms with E-state index >= 15 is 0 Å². The number of amides is 1. The van der Waals surface area contributed by atoms with Crippen LogP contribution in [-0.2, 0) is 4.79 Å². The highest BCUT2D eigenvalue weighted by molar-refractivity contribution is 5.95. The number of likely N-dealkylation sites (N-methyl/N-ethyl adjacent to an activating group) is 1. The maximum atomic E-state index is 12.2. The van der Waals surface area contributed by atoms with Gasteiger partial charge in [0.25, 0.3) is 0 Å². The zero-order valence-electron chi connectivity index (χ0n) is 16.0. The van der Waals surface area contributed by atoms with Crippen LogP contribution in [0, 0.1) is 5.92 Å². The lowest BCUT2D eigenvalue weighted by molar-refractivity contribution is -0.122. The van der Waals surface area contributed by atoms with Crippen LogP contribution in [-0.4, -0.2) is 62.7 Å². The standard InChI is InChI=1S/C20H28N4O2/c1-14-10-15(22-19(25)13-23(2)3)12-24(11-14)17-7-8-18(26-4)20-16(17)6-5-9-21-20/h5-9,14-15H,10-13H2,1-4H3,(H,22,25)/t14-,15+/m0/s1. The van der Waals surface area contributed by atoms with Crippen LogP contribution in [0.3, 0.4) is 0 Å². The van der Waals surface area contributed by atoms with Gasteiger partial charge < -0.3 is 19.9 Å². The average molecular weight is 356 g/mol. The first-order chi connectivity index (χ1) is 12.5. The molecule has 0 aliphatic carbocycles. The van der Waals surface area contributed by atoms with Crippen LogP contribution in [0.25, 0.3) is 10.9 Å². The predicted molar refractivity (Wildman–Crippen MR) is 105 cm³/mol. The Kier molecular flexibility index (Phi) is 5.61. The van der Waals surface area contributed by atoms with Gasteiger partial charge >= 0.3 is 0 Å². The Morgan fingerprint density at radius 2 is 2.15 bits per heavy atom. The molecule has 2 aromatic rings. The summed E-state index contributed by atoms with van der Waals surface area (Å²) in [6.45, 7) is 4.43. The number of hydrogen-bond donors (Lipinski definition) is 1. The molecule has 0 spiro atoms. The summed E-state index contributed by atoms with van der Waals surface area (Å²) >= 11 is 0. The van der Waals surface area contributed by atoms with E-state index in [0.29, 0.717) is 12.5 Å². The van der Waals surface area contributed by atoms with E-state index in [1.807, 2.05) is 31.1 Å². The minimum atomic E-state index is 0.0790. The van der Waals surface area contributed by atoms with Crippen molar-refractivity contribution in [2.24, 2.45) is 5.92 Å². The highest BCUT2D eigenvalue weighted by Gasteiger charge is 2.27. The number of rotatable bonds is 5. The van der Waals surface area contributed by atoms with Gasteiger partial charge in [0.15, 0.2) is 0 Å². The summed E-state index contributed by atoms with van der Waals surface area (Å²) in [5.41, 5.74) is 2.02. The van der Waals surface area contributed by atoms with Crippen molar-refractivity contribution in [1.29, 1.82) is 0 Å². The third-order valence-corrected chi connectivity index (χ3v) is 4.75. The lowest BCUT2D eigenvalue weighted by Crippen LogP contribution is -2.51. The van der Waals surface area contributed by atoms with Gasteiger partial charge in [-0.25, -0.2) is 0 Å². The summed E-state index contributed by atoms with van der Waals surface area (Å²) in [6.07, 6.45) is 2.79. The molecule has 26 heavy (non-hydrogen) atoms. The molecule has 2 atom stereocenters. The number of carbonyl (C=O) groups is 1. The smallest absolute Gasteiger partial charge is 0.234 e. The maximum Gasteiger partial charge on any atom is 0.234 e. The van der Waals surface area contributed by atoms with E-state index in [2.05, 4.69) is 34.3 Å². The van der Waals surface area contributed by atoms with Gasteiger partial charge in [-0.2, -0.15) is 0 Å². The van der Waals surface area contributed by atoms with Crippen LogP contribution in [0.15, 0.2) is 30.5 Å². The lowest BCUT2D eigenvalue weighted by Gasteiger charge is -2.39. The van der Waals surface area contributed by atoms with Crippen molar-refractivity contribution in [2.45, 2.75) is 19.4 Å². The first kappa shape index (κ1) is 18.5. The van der Waals surface area contributed by atoms with E-state index in [-0.39, 0.29) is 11.9 Å².